The number of imide groups is 1. The highest BCUT2D eigenvalue weighted by atomic mass is 16.5. The van der Waals surface area contributed by atoms with Gasteiger partial charge in [-0.15, -0.1) is 0 Å². The van der Waals surface area contributed by atoms with Crippen LogP contribution < -0.4 is 4.74 Å². The van der Waals surface area contributed by atoms with Gasteiger partial charge in [0.1, 0.15) is 5.75 Å². The van der Waals surface area contributed by atoms with Crippen LogP contribution in [0, 0.1) is 0 Å². The second kappa shape index (κ2) is 8.99. The second-order valence-corrected chi connectivity index (χ2v) is 8.99. The molecule has 0 radical (unpaired) electrons. The van der Waals surface area contributed by atoms with Crippen molar-refractivity contribution in [2.75, 3.05) is 27.3 Å². The second-order valence-electron chi connectivity index (χ2n) is 8.99. The maximum atomic E-state index is 13.8. The van der Waals surface area contributed by atoms with Crippen LogP contribution in [0.3, 0.4) is 0 Å². The number of ether oxygens (including phenoxy) is 2. The molecule has 31 heavy (non-hydrogen) atoms. The SMILES string of the molecule is COc1cccc([C@@]2(CC(=O)N3CCC(OC)CC3)CC(=O)N(C3CCCC3)C2=O)c1. The fourth-order valence-corrected chi connectivity index (χ4v) is 5.39. The summed E-state index contributed by atoms with van der Waals surface area (Å²) >= 11 is 0. The van der Waals surface area contributed by atoms with Gasteiger partial charge in [-0.05, 0) is 43.4 Å². The van der Waals surface area contributed by atoms with Crippen molar-refractivity contribution in [2.24, 2.45) is 0 Å². The van der Waals surface area contributed by atoms with Gasteiger partial charge in [0.2, 0.25) is 17.7 Å². The molecule has 1 saturated carbocycles. The highest BCUT2D eigenvalue weighted by molar-refractivity contribution is 6.11. The average Bonchev–Trinajstić information content (AvgIpc) is 3.40. The van der Waals surface area contributed by atoms with Gasteiger partial charge in [-0.3, -0.25) is 19.3 Å². The third-order valence-electron chi connectivity index (χ3n) is 7.24. The van der Waals surface area contributed by atoms with Gasteiger partial charge in [0.25, 0.3) is 0 Å². The summed E-state index contributed by atoms with van der Waals surface area (Å²) in [5.74, 6) is 0.153. The molecule has 3 aliphatic rings. The van der Waals surface area contributed by atoms with Crippen LogP contribution >= 0.6 is 0 Å². The minimum Gasteiger partial charge on any atom is -0.497 e. The van der Waals surface area contributed by atoms with Crippen molar-refractivity contribution in [3.63, 3.8) is 0 Å². The van der Waals surface area contributed by atoms with E-state index in [0.717, 1.165) is 38.5 Å². The van der Waals surface area contributed by atoms with Crippen LogP contribution in [0.2, 0.25) is 0 Å². The number of nitrogens with zero attached hydrogens (tertiary/aromatic N) is 2. The van der Waals surface area contributed by atoms with E-state index in [1.165, 1.54) is 4.90 Å². The molecule has 2 heterocycles. The number of benzene rings is 1. The number of carbonyl (C=O) groups excluding carboxylic acids is 3. The van der Waals surface area contributed by atoms with E-state index in [-0.39, 0.29) is 42.7 Å². The number of rotatable bonds is 6. The van der Waals surface area contributed by atoms with Crippen LogP contribution in [0.15, 0.2) is 24.3 Å². The molecule has 1 aromatic rings. The summed E-state index contributed by atoms with van der Waals surface area (Å²) in [5.41, 5.74) is -0.477. The lowest BCUT2D eigenvalue weighted by atomic mass is 9.75. The predicted octanol–water partition coefficient (Wildman–Crippen LogP) is 2.66. The topological polar surface area (TPSA) is 76.2 Å². The van der Waals surface area contributed by atoms with Gasteiger partial charge < -0.3 is 14.4 Å². The highest BCUT2D eigenvalue weighted by Crippen LogP contribution is 2.44. The molecule has 4 rings (SSSR count). The molecule has 7 nitrogen and oxygen atoms in total. The molecule has 0 spiro atoms. The lowest BCUT2D eigenvalue weighted by molar-refractivity contribution is -0.145. The Morgan fingerprint density at radius 2 is 1.81 bits per heavy atom. The van der Waals surface area contributed by atoms with Crippen LogP contribution in [-0.4, -0.2) is 67.0 Å². The van der Waals surface area contributed by atoms with Gasteiger partial charge in [0.05, 0.1) is 18.6 Å². The summed E-state index contributed by atoms with van der Waals surface area (Å²) in [6.07, 6.45) is 5.55. The maximum Gasteiger partial charge on any atom is 0.241 e. The van der Waals surface area contributed by atoms with Crippen molar-refractivity contribution in [1.29, 1.82) is 0 Å². The molecule has 0 bridgehead atoms. The largest absolute Gasteiger partial charge is 0.497 e. The zero-order valence-corrected chi connectivity index (χ0v) is 18.5. The Bertz CT molecular complexity index is 842. The Balaban J connectivity index is 1.64. The maximum absolute atomic E-state index is 13.8. The standard InChI is InChI=1S/C24H32N2O5/c1-30-19-10-12-25(13-11-19)21(27)15-24(17-6-5-9-20(14-17)31-2)16-22(28)26(23(24)29)18-7-3-4-8-18/h5-6,9,14,18-19H,3-4,7-8,10-13,15-16H2,1-2H3/t24-/m1/s1. The number of hydrogen-bond acceptors (Lipinski definition) is 5. The number of amides is 3. The molecule has 3 fully saturated rings. The summed E-state index contributed by atoms with van der Waals surface area (Å²) in [6.45, 7) is 1.22. The first kappa shape index (κ1) is 21.8. The molecule has 3 amide bonds. The van der Waals surface area contributed by atoms with Crippen molar-refractivity contribution in [2.45, 2.75) is 68.9 Å². The summed E-state index contributed by atoms with van der Waals surface area (Å²) in [7, 11) is 3.27. The first-order chi connectivity index (χ1) is 15.0. The van der Waals surface area contributed by atoms with E-state index < -0.39 is 5.41 Å². The van der Waals surface area contributed by atoms with Crippen LogP contribution in [0.4, 0.5) is 0 Å². The fraction of sp³-hybridized carbons (Fsp3) is 0.625. The van der Waals surface area contributed by atoms with E-state index in [1.807, 2.05) is 23.1 Å². The van der Waals surface area contributed by atoms with Crippen LogP contribution in [0.5, 0.6) is 5.75 Å². The quantitative estimate of drug-likeness (QED) is 0.651. The zero-order chi connectivity index (χ0) is 22.0. The van der Waals surface area contributed by atoms with E-state index in [1.54, 1.807) is 20.3 Å². The summed E-state index contributed by atoms with van der Waals surface area (Å²) in [5, 5.41) is 0. The molecule has 1 aromatic carbocycles. The number of likely N-dealkylation sites (tertiary alicyclic amines) is 2. The number of piperidine rings is 1. The number of carbonyl (C=O) groups is 3. The molecule has 0 aromatic heterocycles. The molecular formula is C24H32N2O5. The lowest BCUT2D eigenvalue weighted by Crippen LogP contribution is -2.47. The Hall–Kier alpha value is -2.41. The van der Waals surface area contributed by atoms with Gasteiger partial charge in [-0.2, -0.15) is 0 Å². The van der Waals surface area contributed by atoms with Gasteiger partial charge >= 0.3 is 0 Å². The Morgan fingerprint density at radius 3 is 2.45 bits per heavy atom. The number of hydrogen-bond donors (Lipinski definition) is 0. The van der Waals surface area contributed by atoms with Crippen LogP contribution in [0.25, 0.3) is 0 Å². The van der Waals surface area contributed by atoms with E-state index in [2.05, 4.69) is 0 Å². The van der Waals surface area contributed by atoms with Crippen molar-refractivity contribution < 1.29 is 23.9 Å². The molecule has 2 saturated heterocycles. The Morgan fingerprint density at radius 1 is 1.10 bits per heavy atom. The summed E-state index contributed by atoms with van der Waals surface area (Å²) < 4.78 is 10.8. The van der Waals surface area contributed by atoms with E-state index in [0.29, 0.717) is 24.4 Å². The molecule has 1 aliphatic carbocycles. The highest BCUT2D eigenvalue weighted by Gasteiger charge is 2.56. The first-order valence-electron chi connectivity index (χ1n) is 11.3. The Kier molecular flexibility index (Phi) is 6.32. The third-order valence-corrected chi connectivity index (χ3v) is 7.24. The molecular weight excluding hydrogens is 396 g/mol. The number of methoxy groups -OCH3 is 2. The van der Waals surface area contributed by atoms with Crippen LogP contribution in [0.1, 0.15) is 56.9 Å². The molecule has 0 N–H and O–H groups in total. The van der Waals surface area contributed by atoms with E-state index >= 15 is 0 Å². The first-order valence-corrected chi connectivity index (χ1v) is 11.3. The third kappa shape index (κ3) is 4.07. The normalized spacial score (nSPS) is 25.5. The van der Waals surface area contributed by atoms with E-state index in [9.17, 15) is 14.4 Å². The van der Waals surface area contributed by atoms with Crippen molar-refractivity contribution in [3.05, 3.63) is 29.8 Å². The molecule has 0 unspecified atom stereocenters. The minimum atomic E-state index is -1.16. The van der Waals surface area contributed by atoms with Crippen molar-refractivity contribution in [1.82, 2.24) is 9.80 Å². The molecule has 7 heteroatoms. The van der Waals surface area contributed by atoms with Gasteiger partial charge in [0, 0.05) is 39.1 Å². The van der Waals surface area contributed by atoms with Gasteiger partial charge in [0.15, 0.2) is 0 Å². The summed E-state index contributed by atoms with van der Waals surface area (Å²) in [4.78, 5) is 43.5. The minimum absolute atomic E-state index is 0.00557. The summed E-state index contributed by atoms with van der Waals surface area (Å²) in [6, 6.07) is 7.23. The average molecular weight is 429 g/mol. The van der Waals surface area contributed by atoms with Gasteiger partial charge in [-0.25, -0.2) is 0 Å². The van der Waals surface area contributed by atoms with Crippen LogP contribution in [-0.2, 0) is 24.5 Å². The predicted molar refractivity (Wildman–Crippen MR) is 115 cm³/mol. The zero-order valence-electron chi connectivity index (χ0n) is 18.5. The Labute approximate surface area is 183 Å². The molecule has 168 valence electrons. The molecule has 1 atom stereocenters. The van der Waals surface area contributed by atoms with E-state index in [4.69, 9.17) is 9.47 Å². The van der Waals surface area contributed by atoms with Crippen molar-refractivity contribution >= 4 is 17.7 Å². The smallest absolute Gasteiger partial charge is 0.241 e. The van der Waals surface area contributed by atoms with Crippen molar-refractivity contribution in [3.8, 4) is 5.75 Å². The monoisotopic (exact) mass is 428 g/mol. The molecule has 2 aliphatic heterocycles. The fourth-order valence-electron chi connectivity index (χ4n) is 5.39. The lowest BCUT2D eigenvalue weighted by Gasteiger charge is -2.35. The van der Waals surface area contributed by atoms with Gasteiger partial charge in [-0.1, -0.05) is 25.0 Å².